The molecule has 74 valence electrons. The molecule has 0 amide bonds. The van der Waals surface area contributed by atoms with Crippen LogP contribution in [-0.2, 0) is 9.53 Å². The summed E-state index contributed by atoms with van der Waals surface area (Å²) in [4.78, 5) is 11.0. The number of carbonyl (C=O) groups is 1. The van der Waals surface area contributed by atoms with Gasteiger partial charge in [0, 0.05) is 0 Å². The average molecular weight is 182 g/mol. The summed E-state index contributed by atoms with van der Waals surface area (Å²) in [5.74, 6) is 0.0876. The quantitative estimate of drug-likeness (QED) is 0.493. The molecule has 1 rings (SSSR count). The van der Waals surface area contributed by atoms with Crippen molar-refractivity contribution in [3.05, 3.63) is 12.2 Å². The van der Waals surface area contributed by atoms with Crippen LogP contribution in [0.5, 0.6) is 0 Å². The third-order valence-corrected chi connectivity index (χ3v) is 2.36. The minimum absolute atomic E-state index is 0.0236. The maximum absolute atomic E-state index is 11.0. The van der Waals surface area contributed by atoms with Crippen LogP contribution in [0.1, 0.15) is 39.5 Å². The van der Waals surface area contributed by atoms with Gasteiger partial charge in [-0.15, -0.1) is 0 Å². The van der Waals surface area contributed by atoms with Crippen LogP contribution in [0.15, 0.2) is 12.2 Å². The van der Waals surface area contributed by atoms with Crippen LogP contribution >= 0.6 is 0 Å². The van der Waals surface area contributed by atoms with Gasteiger partial charge in [-0.2, -0.15) is 0 Å². The molecule has 2 atom stereocenters. The second-order valence-corrected chi connectivity index (χ2v) is 3.65. The normalized spacial score (nSPS) is 28.3. The maximum Gasteiger partial charge on any atom is 0.309 e. The lowest BCUT2D eigenvalue weighted by Gasteiger charge is -2.05. The van der Waals surface area contributed by atoms with E-state index in [1.165, 1.54) is 0 Å². The molecule has 13 heavy (non-hydrogen) atoms. The Hall–Kier alpha value is -0.790. The molecule has 0 radical (unpaired) electrons. The van der Waals surface area contributed by atoms with E-state index in [0.29, 0.717) is 0 Å². The van der Waals surface area contributed by atoms with E-state index in [2.05, 4.69) is 19.1 Å². The van der Waals surface area contributed by atoms with E-state index >= 15 is 0 Å². The monoisotopic (exact) mass is 182 g/mol. The van der Waals surface area contributed by atoms with E-state index in [1.807, 2.05) is 6.92 Å². The number of carbonyl (C=O) groups excluding carboxylic acids is 1. The molecule has 1 saturated heterocycles. The molecule has 0 aliphatic carbocycles. The SMILES string of the molecule is CC/C=C\CCC1CC(C)C(=O)O1. The highest BCUT2D eigenvalue weighted by Gasteiger charge is 2.29. The Labute approximate surface area is 80.0 Å². The van der Waals surface area contributed by atoms with Gasteiger partial charge < -0.3 is 4.74 Å². The van der Waals surface area contributed by atoms with Crippen LogP contribution < -0.4 is 0 Å². The molecule has 0 N–H and O–H groups in total. The van der Waals surface area contributed by atoms with Gasteiger partial charge in [-0.05, 0) is 25.7 Å². The van der Waals surface area contributed by atoms with Crippen molar-refractivity contribution in [1.29, 1.82) is 0 Å². The van der Waals surface area contributed by atoms with Crippen molar-refractivity contribution in [2.45, 2.75) is 45.6 Å². The maximum atomic E-state index is 11.0. The molecule has 2 heteroatoms. The molecule has 1 aliphatic rings. The van der Waals surface area contributed by atoms with Gasteiger partial charge in [0.25, 0.3) is 0 Å². The van der Waals surface area contributed by atoms with Crippen molar-refractivity contribution in [3.8, 4) is 0 Å². The highest BCUT2D eigenvalue weighted by atomic mass is 16.5. The summed E-state index contributed by atoms with van der Waals surface area (Å²) in [7, 11) is 0. The molecule has 0 aromatic rings. The number of hydrogen-bond donors (Lipinski definition) is 0. The molecule has 0 bridgehead atoms. The highest BCUT2D eigenvalue weighted by molar-refractivity contribution is 5.74. The zero-order valence-electron chi connectivity index (χ0n) is 8.45. The largest absolute Gasteiger partial charge is 0.462 e. The fraction of sp³-hybridized carbons (Fsp3) is 0.727. The fourth-order valence-electron chi connectivity index (χ4n) is 1.56. The Kier molecular flexibility index (Phi) is 4.00. The lowest BCUT2D eigenvalue weighted by molar-refractivity contribution is -0.144. The Balaban J connectivity index is 2.17. The number of ether oxygens (including phenoxy) is 1. The standard InChI is InChI=1S/C11H18O2/c1-3-4-5-6-7-10-8-9(2)11(12)13-10/h4-5,9-10H,3,6-8H2,1-2H3/b5-4-. The molecule has 1 fully saturated rings. The summed E-state index contributed by atoms with van der Waals surface area (Å²) < 4.78 is 5.18. The van der Waals surface area contributed by atoms with E-state index in [9.17, 15) is 4.79 Å². The van der Waals surface area contributed by atoms with Crippen molar-refractivity contribution in [1.82, 2.24) is 0 Å². The molecule has 2 nitrogen and oxygen atoms in total. The van der Waals surface area contributed by atoms with Gasteiger partial charge in [0.05, 0.1) is 5.92 Å². The third-order valence-electron chi connectivity index (χ3n) is 2.36. The molecular formula is C11H18O2. The smallest absolute Gasteiger partial charge is 0.309 e. The van der Waals surface area contributed by atoms with Crippen LogP contribution in [0.25, 0.3) is 0 Å². The summed E-state index contributed by atoms with van der Waals surface area (Å²) in [5, 5.41) is 0. The Bertz CT molecular complexity index is 196. The molecule has 0 aromatic heterocycles. The number of hydrogen-bond acceptors (Lipinski definition) is 2. The number of esters is 1. The second kappa shape index (κ2) is 5.05. The van der Waals surface area contributed by atoms with Gasteiger partial charge in [-0.25, -0.2) is 0 Å². The van der Waals surface area contributed by atoms with Gasteiger partial charge in [-0.3, -0.25) is 4.79 Å². The first-order valence-electron chi connectivity index (χ1n) is 5.09. The first kappa shape index (κ1) is 10.3. The predicted molar refractivity (Wildman–Crippen MR) is 52.3 cm³/mol. The fourth-order valence-corrected chi connectivity index (χ4v) is 1.56. The summed E-state index contributed by atoms with van der Waals surface area (Å²) >= 11 is 0. The summed E-state index contributed by atoms with van der Waals surface area (Å²) in [6, 6.07) is 0. The van der Waals surface area contributed by atoms with E-state index in [-0.39, 0.29) is 18.0 Å². The Morgan fingerprint density at radius 2 is 2.31 bits per heavy atom. The summed E-state index contributed by atoms with van der Waals surface area (Å²) in [6.45, 7) is 4.05. The first-order valence-corrected chi connectivity index (χ1v) is 5.09. The zero-order chi connectivity index (χ0) is 9.68. The van der Waals surface area contributed by atoms with Gasteiger partial charge in [0.15, 0.2) is 0 Å². The van der Waals surface area contributed by atoms with Crippen LogP contribution in [0, 0.1) is 5.92 Å². The minimum atomic E-state index is -0.0236. The summed E-state index contributed by atoms with van der Waals surface area (Å²) in [5.41, 5.74) is 0. The van der Waals surface area contributed by atoms with Crippen LogP contribution in [0.3, 0.4) is 0 Å². The van der Waals surface area contributed by atoms with Gasteiger partial charge >= 0.3 is 5.97 Å². The molecule has 0 aromatic carbocycles. The van der Waals surface area contributed by atoms with Crippen molar-refractivity contribution >= 4 is 5.97 Å². The first-order chi connectivity index (χ1) is 6.24. The van der Waals surface area contributed by atoms with Crippen molar-refractivity contribution in [3.63, 3.8) is 0 Å². The van der Waals surface area contributed by atoms with E-state index < -0.39 is 0 Å². The van der Waals surface area contributed by atoms with Crippen molar-refractivity contribution in [2.75, 3.05) is 0 Å². The van der Waals surface area contributed by atoms with E-state index in [1.54, 1.807) is 0 Å². The Morgan fingerprint density at radius 1 is 1.54 bits per heavy atom. The molecule has 0 saturated carbocycles. The minimum Gasteiger partial charge on any atom is -0.462 e. The zero-order valence-corrected chi connectivity index (χ0v) is 8.45. The third kappa shape index (κ3) is 3.21. The van der Waals surface area contributed by atoms with Gasteiger partial charge in [0.1, 0.15) is 6.10 Å². The van der Waals surface area contributed by atoms with Crippen molar-refractivity contribution < 1.29 is 9.53 Å². The number of cyclic esters (lactones) is 1. The molecule has 1 heterocycles. The highest BCUT2D eigenvalue weighted by Crippen LogP contribution is 2.23. The molecular weight excluding hydrogens is 164 g/mol. The Morgan fingerprint density at radius 3 is 2.85 bits per heavy atom. The molecule has 2 unspecified atom stereocenters. The predicted octanol–water partition coefficient (Wildman–Crippen LogP) is 2.68. The van der Waals surface area contributed by atoms with E-state index in [0.717, 1.165) is 25.7 Å². The van der Waals surface area contributed by atoms with Gasteiger partial charge in [-0.1, -0.05) is 26.0 Å². The second-order valence-electron chi connectivity index (χ2n) is 3.65. The number of allylic oxidation sites excluding steroid dienone is 2. The average Bonchev–Trinajstić information content (AvgIpc) is 2.41. The van der Waals surface area contributed by atoms with E-state index in [4.69, 9.17) is 4.74 Å². The van der Waals surface area contributed by atoms with Gasteiger partial charge in [0.2, 0.25) is 0 Å². The topological polar surface area (TPSA) is 26.3 Å². The molecule has 0 spiro atoms. The molecule has 1 aliphatic heterocycles. The van der Waals surface area contributed by atoms with Crippen molar-refractivity contribution in [2.24, 2.45) is 5.92 Å². The van der Waals surface area contributed by atoms with Crippen LogP contribution in [0.2, 0.25) is 0 Å². The number of rotatable bonds is 4. The van der Waals surface area contributed by atoms with Crippen LogP contribution in [0.4, 0.5) is 0 Å². The lowest BCUT2D eigenvalue weighted by Crippen LogP contribution is -2.05. The van der Waals surface area contributed by atoms with Crippen LogP contribution in [-0.4, -0.2) is 12.1 Å². The summed E-state index contributed by atoms with van der Waals surface area (Å²) in [6.07, 6.45) is 8.48. The lowest BCUT2D eigenvalue weighted by atomic mass is 10.0.